The molecule has 0 saturated heterocycles. The molecule has 0 aromatic heterocycles. The molecule has 6 nitrogen and oxygen atoms in total. The van der Waals surface area contributed by atoms with E-state index in [1.54, 1.807) is 6.07 Å². The van der Waals surface area contributed by atoms with E-state index in [1.165, 1.54) is 25.0 Å². The highest BCUT2D eigenvalue weighted by molar-refractivity contribution is 5.69. The molecule has 4 N–H and O–H groups in total. The number of nitrogens with one attached hydrogen (secondary N) is 1. The van der Waals surface area contributed by atoms with Gasteiger partial charge in [-0.05, 0) is 18.9 Å². The van der Waals surface area contributed by atoms with E-state index in [0.717, 1.165) is 25.7 Å². The van der Waals surface area contributed by atoms with Crippen LogP contribution in [0.1, 0.15) is 38.5 Å². The molecule has 0 radical (unpaired) electrons. The molecule has 6 heteroatoms. The van der Waals surface area contributed by atoms with Crippen LogP contribution in [0.15, 0.2) is 18.2 Å². The second-order valence-electron chi connectivity index (χ2n) is 5.52. The fraction of sp³-hybridized carbons (Fsp3) is 0.571. The highest BCUT2D eigenvalue weighted by Crippen LogP contribution is 2.29. The number of nitrogens with two attached hydrogens (primary N) is 1. The SMILES string of the molecule is Nc1cc([N+](=O)[O-])ccc1NCC1(O)CCCCCC1. The Kier molecular flexibility index (Phi) is 4.44. The Balaban J connectivity index is 2.01. The van der Waals surface area contributed by atoms with E-state index in [0.29, 0.717) is 17.9 Å². The van der Waals surface area contributed by atoms with Crippen LogP contribution in [-0.4, -0.2) is 22.2 Å². The number of rotatable bonds is 4. The Morgan fingerprint density at radius 1 is 1.30 bits per heavy atom. The van der Waals surface area contributed by atoms with Gasteiger partial charge in [0.05, 0.1) is 21.9 Å². The summed E-state index contributed by atoms with van der Waals surface area (Å²) in [5, 5.41) is 24.3. The lowest BCUT2D eigenvalue weighted by Crippen LogP contribution is -2.36. The topological polar surface area (TPSA) is 101 Å². The fourth-order valence-corrected chi connectivity index (χ4v) is 2.65. The number of hydrogen-bond donors (Lipinski definition) is 3. The molecule has 0 unspecified atom stereocenters. The normalized spacial score (nSPS) is 18.2. The van der Waals surface area contributed by atoms with Gasteiger partial charge in [0.1, 0.15) is 0 Å². The zero-order valence-corrected chi connectivity index (χ0v) is 11.5. The summed E-state index contributed by atoms with van der Waals surface area (Å²) in [5.74, 6) is 0. The molecule has 0 amide bonds. The van der Waals surface area contributed by atoms with Crippen LogP contribution in [-0.2, 0) is 0 Å². The summed E-state index contributed by atoms with van der Waals surface area (Å²) in [7, 11) is 0. The number of benzene rings is 1. The van der Waals surface area contributed by atoms with Gasteiger partial charge in [0, 0.05) is 18.7 Å². The third-order valence-electron chi connectivity index (χ3n) is 3.89. The van der Waals surface area contributed by atoms with Crippen LogP contribution in [0.4, 0.5) is 17.1 Å². The Hall–Kier alpha value is -1.82. The van der Waals surface area contributed by atoms with E-state index in [9.17, 15) is 15.2 Å². The van der Waals surface area contributed by atoms with Gasteiger partial charge in [-0.3, -0.25) is 10.1 Å². The summed E-state index contributed by atoms with van der Waals surface area (Å²) in [6.07, 6.45) is 5.98. The number of nitro benzene ring substituents is 1. The van der Waals surface area contributed by atoms with Crippen LogP contribution < -0.4 is 11.1 Å². The zero-order chi connectivity index (χ0) is 14.6. The smallest absolute Gasteiger partial charge is 0.271 e. The number of non-ortho nitro benzene ring substituents is 1. The van der Waals surface area contributed by atoms with Crippen molar-refractivity contribution in [2.45, 2.75) is 44.1 Å². The third-order valence-corrected chi connectivity index (χ3v) is 3.89. The van der Waals surface area contributed by atoms with E-state index in [2.05, 4.69) is 5.32 Å². The molecule has 1 fully saturated rings. The third kappa shape index (κ3) is 3.60. The summed E-state index contributed by atoms with van der Waals surface area (Å²) >= 11 is 0. The summed E-state index contributed by atoms with van der Waals surface area (Å²) < 4.78 is 0. The summed E-state index contributed by atoms with van der Waals surface area (Å²) in [4.78, 5) is 10.2. The lowest BCUT2D eigenvalue weighted by Gasteiger charge is -2.27. The second kappa shape index (κ2) is 6.09. The van der Waals surface area contributed by atoms with E-state index in [4.69, 9.17) is 5.73 Å². The van der Waals surface area contributed by atoms with Crippen LogP contribution in [0.2, 0.25) is 0 Å². The molecule has 0 atom stereocenters. The van der Waals surface area contributed by atoms with Crippen LogP contribution in [0.3, 0.4) is 0 Å². The van der Waals surface area contributed by atoms with Crippen molar-refractivity contribution >= 4 is 17.1 Å². The fourth-order valence-electron chi connectivity index (χ4n) is 2.65. The maximum Gasteiger partial charge on any atom is 0.271 e. The molecule has 110 valence electrons. The van der Waals surface area contributed by atoms with E-state index in [-0.39, 0.29) is 5.69 Å². The lowest BCUT2D eigenvalue weighted by atomic mass is 9.94. The largest absolute Gasteiger partial charge is 0.397 e. The molecule has 1 aliphatic rings. The predicted molar refractivity (Wildman–Crippen MR) is 78.7 cm³/mol. The van der Waals surface area contributed by atoms with Crippen molar-refractivity contribution in [3.8, 4) is 0 Å². The Bertz CT molecular complexity index is 483. The van der Waals surface area contributed by atoms with Crippen molar-refractivity contribution in [1.82, 2.24) is 0 Å². The minimum atomic E-state index is -0.704. The number of aliphatic hydroxyl groups is 1. The number of anilines is 2. The van der Waals surface area contributed by atoms with Gasteiger partial charge in [-0.15, -0.1) is 0 Å². The van der Waals surface area contributed by atoms with Gasteiger partial charge in [0.25, 0.3) is 5.69 Å². The minimum absolute atomic E-state index is 0.0266. The van der Waals surface area contributed by atoms with Crippen LogP contribution in [0.5, 0.6) is 0 Å². The number of nitrogens with zero attached hydrogens (tertiary/aromatic N) is 1. The van der Waals surface area contributed by atoms with Gasteiger partial charge in [0.15, 0.2) is 0 Å². The van der Waals surface area contributed by atoms with E-state index >= 15 is 0 Å². The van der Waals surface area contributed by atoms with Crippen LogP contribution in [0.25, 0.3) is 0 Å². The molecular weight excluding hydrogens is 258 g/mol. The average molecular weight is 279 g/mol. The van der Waals surface area contributed by atoms with Crippen molar-refractivity contribution < 1.29 is 10.0 Å². The molecule has 0 spiro atoms. The summed E-state index contributed by atoms with van der Waals surface area (Å²) in [6.45, 7) is 0.426. The van der Waals surface area contributed by atoms with E-state index < -0.39 is 10.5 Å². The second-order valence-corrected chi connectivity index (χ2v) is 5.52. The molecule has 20 heavy (non-hydrogen) atoms. The van der Waals surface area contributed by atoms with Crippen molar-refractivity contribution in [3.05, 3.63) is 28.3 Å². The number of hydrogen-bond acceptors (Lipinski definition) is 5. The molecular formula is C14H21N3O3. The monoisotopic (exact) mass is 279 g/mol. The van der Waals surface area contributed by atoms with Crippen LogP contribution in [0, 0.1) is 10.1 Å². The predicted octanol–water partition coefficient (Wildman–Crippen LogP) is 2.67. The first-order valence-electron chi connectivity index (χ1n) is 7.00. The molecule has 1 aromatic carbocycles. The molecule has 0 heterocycles. The van der Waals surface area contributed by atoms with Crippen LogP contribution >= 0.6 is 0 Å². The standard InChI is InChI=1S/C14H21N3O3/c15-12-9-11(17(19)20)5-6-13(12)16-10-14(18)7-3-1-2-4-8-14/h5-6,9,16,18H,1-4,7-8,10,15H2. The Morgan fingerprint density at radius 2 is 1.95 bits per heavy atom. The number of nitro groups is 1. The highest BCUT2D eigenvalue weighted by atomic mass is 16.6. The molecule has 1 saturated carbocycles. The van der Waals surface area contributed by atoms with Gasteiger partial charge in [-0.2, -0.15) is 0 Å². The molecule has 1 aliphatic carbocycles. The molecule has 2 rings (SSSR count). The van der Waals surface area contributed by atoms with Gasteiger partial charge in [0.2, 0.25) is 0 Å². The Morgan fingerprint density at radius 3 is 2.50 bits per heavy atom. The summed E-state index contributed by atoms with van der Waals surface area (Å²) in [6, 6.07) is 4.34. The molecule has 1 aromatic rings. The first-order valence-corrected chi connectivity index (χ1v) is 7.00. The highest BCUT2D eigenvalue weighted by Gasteiger charge is 2.27. The van der Waals surface area contributed by atoms with Crippen molar-refractivity contribution in [1.29, 1.82) is 0 Å². The molecule has 0 bridgehead atoms. The van der Waals surface area contributed by atoms with Crippen molar-refractivity contribution in [2.75, 3.05) is 17.6 Å². The maximum absolute atomic E-state index is 10.6. The lowest BCUT2D eigenvalue weighted by molar-refractivity contribution is -0.384. The maximum atomic E-state index is 10.6. The van der Waals surface area contributed by atoms with Gasteiger partial charge >= 0.3 is 0 Å². The van der Waals surface area contributed by atoms with Gasteiger partial charge < -0.3 is 16.2 Å². The first kappa shape index (κ1) is 14.6. The average Bonchev–Trinajstić information content (AvgIpc) is 2.62. The van der Waals surface area contributed by atoms with Crippen molar-refractivity contribution in [2.24, 2.45) is 0 Å². The van der Waals surface area contributed by atoms with Gasteiger partial charge in [-0.25, -0.2) is 0 Å². The summed E-state index contributed by atoms with van der Waals surface area (Å²) in [5.41, 5.74) is 6.03. The zero-order valence-electron chi connectivity index (χ0n) is 11.5. The Labute approximate surface area is 118 Å². The number of nitrogen functional groups attached to an aromatic ring is 1. The molecule has 0 aliphatic heterocycles. The quantitative estimate of drug-likeness (QED) is 0.340. The first-order chi connectivity index (χ1) is 9.50. The van der Waals surface area contributed by atoms with E-state index in [1.807, 2.05) is 0 Å². The van der Waals surface area contributed by atoms with Crippen molar-refractivity contribution in [3.63, 3.8) is 0 Å². The van der Waals surface area contributed by atoms with Gasteiger partial charge in [-0.1, -0.05) is 25.7 Å². The minimum Gasteiger partial charge on any atom is -0.397 e.